The van der Waals surface area contributed by atoms with E-state index in [2.05, 4.69) is 0 Å². The summed E-state index contributed by atoms with van der Waals surface area (Å²) in [4.78, 5) is 1.85. The van der Waals surface area contributed by atoms with Gasteiger partial charge in [-0.05, 0) is 7.05 Å². The first-order valence-corrected chi connectivity index (χ1v) is 5.00. The van der Waals surface area contributed by atoms with E-state index in [1.165, 1.54) is 0 Å². The maximum absolute atomic E-state index is 10.9. The van der Waals surface area contributed by atoms with E-state index >= 15 is 0 Å². The number of sulfone groups is 1. The standard InChI is InChI=1S/C5H12N2O2S/c1-7-2-3-10(8,9)4-5(7)6/h5H,2-4,6H2,1H3. The molecule has 10 heavy (non-hydrogen) atoms. The van der Waals surface area contributed by atoms with Crippen LogP contribution in [-0.2, 0) is 9.84 Å². The van der Waals surface area contributed by atoms with Crippen LogP contribution in [0.3, 0.4) is 0 Å². The highest BCUT2D eigenvalue weighted by molar-refractivity contribution is 7.91. The van der Waals surface area contributed by atoms with Crippen molar-refractivity contribution in [3.8, 4) is 0 Å². The maximum atomic E-state index is 10.9. The largest absolute Gasteiger partial charge is 0.315 e. The molecule has 0 aliphatic carbocycles. The average Bonchev–Trinajstić information content (AvgIpc) is 1.79. The Hall–Kier alpha value is -0.130. The lowest BCUT2D eigenvalue weighted by Crippen LogP contribution is -2.51. The molecule has 0 bridgehead atoms. The third-order valence-corrected chi connectivity index (χ3v) is 3.40. The van der Waals surface area contributed by atoms with E-state index in [0.717, 1.165) is 0 Å². The third-order valence-electron chi connectivity index (χ3n) is 1.75. The van der Waals surface area contributed by atoms with Crippen LogP contribution in [0.2, 0.25) is 0 Å². The third kappa shape index (κ3) is 1.68. The van der Waals surface area contributed by atoms with Crippen LogP contribution in [0.15, 0.2) is 0 Å². The minimum atomic E-state index is -2.83. The number of nitrogens with zero attached hydrogens (tertiary/aromatic N) is 1. The molecule has 1 atom stereocenters. The molecule has 1 fully saturated rings. The summed E-state index contributed by atoms with van der Waals surface area (Å²) in [6.07, 6.45) is -0.307. The Morgan fingerprint density at radius 2 is 2.20 bits per heavy atom. The molecule has 0 aromatic heterocycles. The summed E-state index contributed by atoms with van der Waals surface area (Å²) < 4.78 is 21.8. The number of hydrogen-bond acceptors (Lipinski definition) is 4. The minimum absolute atomic E-state index is 0.101. The van der Waals surface area contributed by atoms with Crippen LogP contribution < -0.4 is 5.73 Å². The zero-order valence-corrected chi connectivity index (χ0v) is 6.76. The molecule has 60 valence electrons. The maximum Gasteiger partial charge on any atom is 0.154 e. The van der Waals surface area contributed by atoms with E-state index in [1.807, 2.05) is 11.9 Å². The predicted octanol–water partition coefficient (Wildman–Crippen LogP) is -1.37. The molecule has 1 unspecified atom stereocenters. The summed E-state index contributed by atoms with van der Waals surface area (Å²) in [6, 6.07) is 0. The van der Waals surface area contributed by atoms with Crippen LogP contribution in [0.1, 0.15) is 0 Å². The zero-order chi connectivity index (χ0) is 7.78. The van der Waals surface area contributed by atoms with Crippen molar-refractivity contribution in [2.24, 2.45) is 5.73 Å². The molecule has 0 amide bonds. The second-order valence-electron chi connectivity index (χ2n) is 2.66. The van der Waals surface area contributed by atoms with Gasteiger partial charge in [0, 0.05) is 6.54 Å². The van der Waals surface area contributed by atoms with Crippen LogP contribution >= 0.6 is 0 Å². The first kappa shape index (κ1) is 7.97. The highest BCUT2D eigenvalue weighted by Gasteiger charge is 2.25. The highest BCUT2D eigenvalue weighted by Crippen LogP contribution is 2.04. The van der Waals surface area contributed by atoms with E-state index in [0.29, 0.717) is 6.54 Å². The number of rotatable bonds is 0. The van der Waals surface area contributed by atoms with Crippen molar-refractivity contribution in [3.63, 3.8) is 0 Å². The lowest BCUT2D eigenvalue weighted by molar-refractivity contribution is 0.268. The first-order chi connectivity index (χ1) is 4.51. The Kier molecular flexibility index (Phi) is 1.98. The lowest BCUT2D eigenvalue weighted by atomic mass is 10.5. The smallest absolute Gasteiger partial charge is 0.154 e. The van der Waals surface area contributed by atoms with Gasteiger partial charge in [-0.15, -0.1) is 0 Å². The summed E-state index contributed by atoms with van der Waals surface area (Å²) in [5, 5.41) is 0. The monoisotopic (exact) mass is 164 g/mol. The van der Waals surface area contributed by atoms with Crippen molar-refractivity contribution < 1.29 is 8.42 Å². The molecule has 0 saturated carbocycles. The van der Waals surface area contributed by atoms with Crippen molar-refractivity contribution in [2.75, 3.05) is 25.1 Å². The van der Waals surface area contributed by atoms with Gasteiger partial charge < -0.3 is 5.73 Å². The Labute approximate surface area is 60.9 Å². The molecule has 1 saturated heterocycles. The van der Waals surface area contributed by atoms with Crippen molar-refractivity contribution >= 4 is 9.84 Å². The number of hydrogen-bond donors (Lipinski definition) is 1. The molecular weight excluding hydrogens is 152 g/mol. The van der Waals surface area contributed by atoms with Crippen LogP contribution in [0.5, 0.6) is 0 Å². The normalized spacial score (nSPS) is 34.0. The van der Waals surface area contributed by atoms with Gasteiger partial charge in [0.05, 0.1) is 17.7 Å². The molecule has 1 aliphatic rings. The molecule has 0 radical (unpaired) electrons. The molecule has 1 heterocycles. The van der Waals surface area contributed by atoms with Gasteiger partial charge >= 0.3 is 0 Å². The molecule has 1 rings (SSSR count). The van der Waals surface area contributed by atoms with Crippen molar-refractivity contribution in [1.29, 1.82) is 0 Å². The lowest BCUT2D eigenvalue weighted by Gasteiger charge is -2.28. The molecule has 4 nitrogen and oxygen atoms in total. The first-order valence-electron chi connectivity index (χ1n) is 3.17. The molecule has 0 aromatic rings. The van der Waals surface area contributed by atoms with E-state index in [9.17, 15) is 8.42 Å². The average molecular weight is 164 g/mol. The van der Waals surface area contributed by atoms with Crippen molar-refractivity contribution in [1.82, 2.24) is 4.90 Å². The van der Waals surface area contributed by atoms with E-state index in [-0.39, 0.29) is 17.7 Å². The van der Waals surface area contributed by atoms with Crippen LogP contribution in [0.25, 0.3) is 0 Å². The second kappa shape index (κ2) is 2.48. The fraction of sp³-hybridized carbons (Fsp3) is 1.00. The second-order valence-corrected chi connectivity index (χ2v) is 4.89. The van der Waals surface area contributed by atoms with Gasteiger partial charge in [0.15, 0.2) is 9.84 Å². The van der Waals surface area contributed by atoms with Crippen LogP contribution in [0.4, 0.5) is 0 Å². The van der Waals surface area contributed by atoms with Gasteiger partial charge in [-0.1, -0.05) is 0 Å². The van der Waals surface area contributed by atoms with Gasteiger partial charge in [0.2, 0.25) is 0 Å². The molecule has 0 spiro atoms. The van der Waals surface area contributed by atoms with Gasteiger partial charge in [-0.25, -0.2) is 8.42 Å². The summed E-state index contributed by atoms with van der Waals surface area (Å²) in [6.45, 7) is 0.559. The molecule has 5 heteroatoms. The van der Waals surface area contributed by atoms with Gasteiger partial charge in [-0.2, -0.15) is 0 Å². The molecule has 0 aromatic carbocycles. The Bertz CT molecular complexity index is 212. The fourth-order valence-electron chi connectivity index (χ4n) is 0.920. The Morgan fingerprint density at radius 3 is 2.60 bits per heavy atom. The van der Waals surface area contributed by atoms with E-state index in [1.54, 1.807) is 0 Å². The SMILES string of the molecule is CN1CCS(=O)(=O)CC1N. The Morgan fingerprint density at radius 1 is 1.60 bits per heavy atom. The fourth-order valence-corrected chi connectivity index (χ4v) is 2.43. The summed E-state index contributed by atoms with van der Waals surface area (Å²) in [5.41, 5.74) is 5.50. The van der Waals surface area contributed by atoms with E-state index < -0.39 is 9.84 Å². The van der Waals surface area contributed by atoms with E-state index in [4.69, 9.17) is 5.73 Å². The predicted molar refractivity (Wildman–Crippen MR) is 39.3 cm³/mol. The quantitative estimate of drug-likeness (QED) is 0.480. The van der Waals surface area contributed by atoms with Gasteiger partial charge in [0.1, 0.15) is 0 Å². The Balaban J connectivity index is 2.66. The number of nitrogens with two attached hydrogens (primary N) is 1. The van der Waals surface area contributed by atoms with Gasteiger partial charge in [-0.3, -0.25) is 4.90 Å². The zero-order valence-electron chi connectivity index (χ0n) is 5.95. The van der Waals surface area contributed by atoms with Gasteiger partial charge in [0.25, 0.3) is 0 Å². The topological polar surface area (TPSA) is 63.4 Å². The van der Waals surface area contributed by atoms with Crippen molar-refractivity contribution in [3.05, 3.63) is 0 Å². The van der Waals surface area contributed by atoms with Crippen LogP contribution in [-0.4, -0.2) is 44.6 Å². The summed E-state index contributed by atoms with van der Waals surface area (Å²) >= 11 is 0. The van der Waals surface area contributed by atoms with Crippen LogP contribution in [0, 0.1) is 0 Å². The minimum Gasteiger partial charge on any atom is -0.315 e. The molecule has 1 aliphatic heterocycles. The van der Waals surface area contributed by atoms with Crippen molar-refractivity contribution in [2.45, 2.75) is 6.17 Å². The molecule has 2 N–H and O–H groups in total. The summed E-state index contributed by atoms with van der Waals surface area (Å²) in [5.74, 6) is 0.348. The molecular formula is C5H12N2O2S. The highest BCUT2D eigenvalue weighted by atomic mass is 32.2. The summed E-state index contributed by atoms with van der Waals surface area (Å²) in [7, 11) is -0.999.